The van der Waals surface area contributed by atoms with Crippen LogP contribution in [0.5, 0.6) is 0 Å². The molecule has 5 heteroatoms. The van der Waals surface area contributed by atoms with Gasteiger partial charge in [-0.2, -0.15) is 4.31 Å². The molecular formula is C14H20BrNO2S. The number of hydrogen-bond donors (Lipinski definition) is 0. The molecule has 2 rings (SSSR count). The van der Waals surface area contributed by atoms with E-state index in [4.69, 9.17) is 0 Å². The molecule has 0 N–H and O–H groups in total. The van der Waals surface area contributed by atoms with Crippen molar-refractivity contribution in [2.24, 2.45) is 5.92 Å². The molecule has 0 amide bonds. The molecule has 1 saturated heterocycles. The van der Waals surface area contributed by atoms with Gasteiger partial charge in [-0.3, -0.25) is 0 Å². The Morgan fingerprint density at radius 1 is 1.37 bits per heavy atom. The molecule has 1 aromatic rings. The van der Waals surface area contributed by atoms with Gasteiger partial charge in [0.25, 0.3) is 0 Å². The van der Waals surface area contributed by atoms with Crippen LogP contribution in [0.25, 0.3) is 0 Å². The summed E-state index contributed by atoms with van der Waals surface area (Å²) in [6.07, 6.45) is 2.05. The second-order valence-electron chi connectivity index (χ2n) is 5.29. The van der Waals surface area contributed by atoms with E-state index in [1.165, 1.54) is 0 Å². The standard InChI is InChI=1S/C14H20BrNO2S/c1-11-5-6-14(12(2)8-11)19(17,18)16-7-3-4-13(9-15)10-16/h5-6,8,13H,3-4,7,9-10H2,1-2H3. The van der Waals surface area contributed by atoms with E-state index in [2.05, 4.69) is 15.9 Å². The van der Waals surface area contributed by atoms with Gasteiger partial charge in [0, 0.05) is 18.4 Å². The van der Waals surface area contributed by atoms with Crippen molar-refractivity contribution in [1.29, 1.82) is 0 Å². The normalized spacial score (nSPS) is 21.5. The molecule has 0 spiro atoms. The third-order valence-electron chi connectivity index (χ3n) is 3.65. The summed E-state index contributed by atoms with van der Waals surface area (Å²) in [5, 5.41) is 0.867. The van der Waals surface area contributed by atoms with Crippen molar-refractivity contribution in [1.82, 2.24) is 4.31 Å². The third-order valence-corrected chi connectivity index (χ3v) is 6.59. The fourth-order valence-electron chi connectivity index (χ4n) is 2.60. The van der Waals surface area contributed by atoms with Crippen molar-refractivity contribution in [3.63, 3.8) is 0 Å². The van der Waals surface area contributed by atoms with Gasteiger partial charge in [0.1, 0.15) is 0 Å². The van der Waals surface area contributed by atoms with Crippen LogP contribution in [0.3, 0.4) is 0 Å². The van der Waals surface area contributed by atoms with Crippen LogP contribution in [0.2, 0.25) is 0 Å². The molecule has 19 heavy (non-hydrogen) atoms. The van der Waals surface area contributed by atoms with Gasteiger partial charge >= 0.3 is 0 Å². The smallest absolute Gasteiger partial charge is 0.207 e. The Labute approximate surface area is 124 Å². The summed E-state index contributed by atoms with van der Waals surface area (Å²) in [7, 11) is -3.34. The van der Waals surface area contributed by atoms with E-state index in [-0.39, 0.29) is 0 Å². The number of nitrogens with zero attached hydrogens (tertiary/aromatic N) is 1. The highest BCUT2D eigenvalue weighted by atomic mass is 79.9. The minimum atomic E-state index is -3.34. The zero-order valence-corrected chi connectivity index (χ0v) is 13.8. The van der Waals surface area contributed by atoms with Crippen LogP contribution in [0.15, 0.2) is 23.1 Å². The van der Waals surface area contributed by atoms with E-state index in [0.29, 0.717) is 23.9 Å². The van der Waals surface area contributed by atoms with Crippen LogP contribution in [0.4, 0.5) is 0 Å². The lowest BCUT2D eigenvalue weighted by Crippen LogP contribution is -2.40. The fraction of sp³-hybridized carbons (Fsp3) is 0.571. The zero-order chi connectivity index (χ0) is 14.0. The van der Waals surface area contributed by atoms with Crippen LogP contribution in [-0.2, 0) is 10.0 Å². The number of alkyl halides is 1. The fourth-order valence-corrected chi connectivity index (χ4v) is 4.89. The van der Waals surface area contributed by atoms with E-state index in [1.54, 1.807) is 10.4 Å². The quantitative estimate of drug-likeness (QED) is 0.789. The predicted octanol–water partition coefficient (Wildman–Crippen LogP) is 3.10. The average molecular weight is 346 g/mol. The monoisotopic (exact) mass is 345 g/mol. The van der Waals surface area contributed by atoms with Crippen LogP contribution < -0.4 is 0 Å². The van der Waals surface area contributed by atoms with Crippen molar-refractivity contribution < 1.29 is 8.42 Å². The molecule has 1 atom stereocenters. The molecule has 1 heterocycles. The van der Waals surface area contributed by atoms with Gasteiger partial charge in [0.2, 0.25) is 10.0 Å². The lowest BCUT2D eigenvalue weighted by molar-refractivity contribution is 0.285. The van der Waals surface area contributed by atoms with Crippen LogP contribution in [0, 0.1) is 19.8 Å². The first kappa shape index (κ1) is 15.0. The molecule has 1 unspecified atom stereocenters. The van der Waals surface area contributed by atoms with Crippen molar-refractivity contribution >= 4 is 26.0 Å². The number of piperidine rings is 1. The van der Waals surface area contributed by atoms with Crippen LogP contribution >= 0.6 is 15.9 Å². The molecule has 0 aliphatic carbocycles. The largest absolute Gasteiger partial charge is 0.243 e. The minimum absolute atomic E-state index is 0.425. The second-order valence-corrected chi connectivity index (χ2v) is 7.85. The molecule has 106 valence electrons. The Balaban J connectivity index is 2.31. The third kappa shape index (κ3) is 3.20. The molecule has 1 fully saturated rings. The Bertz CT molecular complexity index is 557. The number of halogens is 1. The molecule has 1 aliphatic rings. The lowest BCUT2D eigenvalue weighted by Gasteiger charge is -2.31. The Hall–Kier alpha value is -0.390. The highest BCUT2D eigenvalue weighted by Gasteiger charge is 2.30. The molecule has 0 aromatic heterocycles. The van der Waals surface area contributed by atoms with Crippen LogP contribution in [0.1, 0.15) is 24.0 Å². The van der Waals surface area contributed by atoms with Crippen molar-refractivity contribution in [2.45, 2.75) is 31.6 Å². The second kappa shape index (κ2) is 5.94. The first-order chi connectivity index (χ1) is 8.95. The number of benzene rings is 1. The van der Waals surface area contributed by atoms with E-state index >= 15 is 0 Å². The molecule has 1 aliphatic heterocycles. The topological polar surface area (TPSA) is 37.4 Å². The lowest BCUT2D eigenvalue weighted by atomic mass is 10.0. The predicted molar refractivity (Wildman–Crippen MR) is 81.2 cm³/mol. The highest BCUT2D eigenvalue weighted by molar-refractivity contribution is 9.09. The van der Waals surface area contributed by atoms with Gasteiger partial charge in [0.05, 0.1) is 4.90 Å². The maximum atomic E-state index is 12.7. The molecule has 0 radical (unpaired) electrons. The summed E-state index contributed by atoms with van der Waals surface area (Å²) in [5.74, 6) is 0.425. The maximum absolute atomic E-state index is 12.7. The number of sulfonamides is 1. The number of rotatable bonds is 3. The first-order valence-electron chi connectivity index (χ1n) is 6.58. The molecule has 0 bridgehead atoms. The maximum Gasteiger partial charge on any atom is 0.243 e. The summed E-state index contributed by atoms with van der Waals surface area (Å²) >= 11 is 3.46. The first-order valence-corrected chi connectivity index (χ1v) is 9.14. The molecule has 3 nitrogen and oxygen atoms in total. The van der Waals surface area contributed by atoms with Crippen LogP contribution in [-0.4, -0.2) is 31.1 Å². The molecule has 1 aromatic carbocycles. The van der Waals surface area contributed by atoms with Crippen molar-refractivity contribution in [3.8, 4) is 0 Å². The van der Waals surface area contributed by atoms with Gasteiger partial charge in [-0.05, 0) is 44.2 Å². The molecular weight excluding hydrogens is 326 g/mol. The number of hydrogen-bond acceptors (Lipinski definition) is 2. The Morgan fingerprint density at radius 3 is 2.74 bits per heavy atom. The van der Waals surface area contributed by atoms with Gasteiger partial charge in [-0.1, -0.05) is 33.6 Å². The van der Waals surface area contributed by atoms with Gasteiger partial charge in [0.15, 0.2) is 0 Å². The summed E-state index contributed by atoms with van der Waals surface area (Å²) in [6, 6.07) is 5.53. The number of aryl methyl sites for hydroxylation is 2. The minimum Gasteiger partial charge on any atom is -0.207 e. The van der Waals surface area contributed by atoms with Crippen molar-refractivity contribution in [2.75, 3.05) is 18.4 Å². The van der Waals surface area contributed by atoms with Gasteiger partial charge < -0.3 is 0 Å². The van der Waals surface area contributed by atoms with E-state index in [9.17, 15) is 8.42 Å². The SMILES string of the molecule is Cc1ccc(S(=O)(=O)N2CCCC(CBr)C2)c(C)c1. The summed E-state index contributed by atoms with van der Waals surface area (Å²) in [4.78, 5) is 0.452. The Kier molecular flexibility index (Phi) is 4.69. The van der Waals surface area contributed by atoms with Crippen molar-refractivity contribution in [3.05, 3.63) is 29.3 Å². The van der Waals surface area contributed by atoms with E-state index in [0.717, 1.165) is 29.3 Å². The summed E-state index contributed by atoms with van der Waals surface area (Å²) in [5.41, 5.74) is 1.93. The van der Waals surface area contributed by atoms with E-state index in [1.807, 2.05) is 26.0 Å². The van der Waals surface area contributed by atoms with Gasteiger partial charge in [-0.25, -0.2) is 8.42 Å². The average Bonchev–Trinajstić information content (AvgIpc) is 2.38. The van der Waals surface area contributed by atoms with E-state index < -0.39 is 10.0 Å². The summed E-state index contributed by atoms with van der Waals surface area (Å²) in [6.45, 7) is 5.11. The summed E-state index contributed by atoms with van der Waals surface area (Å²) < 4.78 is 27.0. The highest BCUT2D eigenvalue weighted by Crippen LogP contribution is 2.26. The Morgan fingerprint density at radius 2 is 2.11 bits per heavy atom. The zero-order valence-electron chi connectivity index (χ0n) is 11.4. The molecule has 0 saturated carbocycles. The van der Waals surface area contributed by atoms with Gasteiger partial charge in [-0.15, -0.1) is 0 Å².